The molecule has 0 saturated heterocycles. The molecule has 3 unspecified atom stereocenters. The lowest BCUT2D eigenvalue weighted by molar-refractivity contribution is -0.132. The molecule has 0 heterocycles. The van der Waals surface area contributed by atoms with Crippen molar-refractivity contribution in [3.8, 4) is 0 Å². The highest BCUT2D eigenvalue weighted by Gasteiger charge is 2.40. The molecule has 0 aliphatic heterocycles. The van der Waals surface area contributed by atoms with Crippen molar-refractivity contribution in [1.82, 2.24) is 10.6 Å². The number of fused-ring (bicyclic) bond motifs is 2. The van der Waals surface area contributed by atoms with Crippen molar-refractivity contribution < 1.29 is 9.59 Å². The first kappa shape index (κ1) is 15.3. The van der Waals surface area contributed by atoms with Gasteiger partial charge in [0.25, 0.3) is 0 Å². The molecule has 5 heteroatoms. The van der Waals surface area contributed by atoms with Crippen LogP contribution in [0.1, 0.15) is 46.0 Å². The van der Waals surface area contributed by atoms with Crippen molar-refractivity contribution in [2.45, 2.75) is 58.0 Å². The molecule has 2 rings (SSSR count). The molecule has 2 saturated carbocycles. The van der Waals surface area contributed by atoms with Crippen LogP contribution < -0.4 is 16.4 Å². The van der Waals surface area contributed by atoms with E-state index < -0.39 is 6.04 Å². The summed E-state index contributed by atoms with van der Waals surface area (Å²) in [5, 5.41) is 5.57. The van der Waals surface area contributed by atoms with Gasteiger partial charge in [0.1, 0.15) is 6.04 Å². The highest BCUT2D eigenvalue weighted by molar-refractivity contribution is 5.88. The van der Waals surface area contributed by atoms with Crippen LogP contribution in [0, 0.1) is 17.8 Å². The van der Waals surface area contributed by atoms with Crippen LogP contribution in [0.3, 0.4) is 0 Å². The van der Waals surface area contributed by atoms with Crippen molar-refractivity contribution >= 4 is 11.8 Å². The second kappa shape index (κ2) is 6.57. The van der Waals surface area contributed by atoms with Gasteiger partial charge < -0.3 is 16.4 Å². The Labute approximate surface area is 121 Å². The Morgan fingerprint density at radius 2 is 1.85 bits per heavy atom. The third-order valence-corrected chi connectivity index (χ3v) is 4.89. The summed E-state index contributed by atoms with van der Waals surface area (Å²) in [6.45, 7) is 4.19. The van der Waals surface area contributed by atoms with Crippen LogP contribution in [0.5, 0.6) is 0 Å². The smallest absolute Gasteiger partial charge is 0.242 e. The molecule has 5 nitrogen and oxygen atoms in total. The zero-order chi connectivity index (χ0) is 14.7. The lowest BCUT2D eigenvalue weighted by Gasteiger charge is -2.43. The number of nitrogens with one attached hydrogen (secondary N) is 2. The van der Waals surface area contributed by atoms with E-state index in [0.29, 0.717) is 18.4 Å². The predicted octanol–water partition coefficient (Wildman–Crippen LogP) is 0.781. The van der Waals surface area contributed by atoms with Crippen LogP contribution in [0.25, 0.3) is 0 Å². The average Bonchev–Trinajstić information content (AvgIpc) is 2.38. The molecule has 2 bridgehead atoms. The first-order chi connectivity index (χ1) is 9.52. The molecule has 20 heavy (non-hydrogen) atoms. The summed E-state index contributed by atoms with van der Waals surface area (Å²) in [7, 11) is 0. The summed E-state index contributed by atoms with van der Waals surface area (Å²) in [6, 6.07) is -0.188. The molecule has 3 atom stereocenters. The zero-order valence-electron chi connectivity index (χ0n) is 12.5. The minimum absolute atomic E-state index is 0.0209. The molecular formula is C15H27N3O2. The fraction of sp³-hybridized carbons (Fsp3) is 0.867. The SMILES string of the molecule is CCNC(=O)C(C)NC(=O)C1CC2CCCC(C1)C2N. The Balaban J connectivity index is 1.88. The van der Waals surface area contributed by atoms with E-state index in [1.807, 2.05) is 6.92 Å². The van der Waals surface area contributed by atoms with Gasteiger partial charge in [-0.2, -0.15) is 0 Å². The van der Waals surface area contributed by atoms with Crippen LogP contribution in [-0.4, -0.2) is 30.4 Å². The molecule has 2 aliphatic rings. The van der Waals surface area contributed by atoms with Gasteiger partial charge in [0.15, 0.2) is 0 Å². The number of carbonyl (C=O) groups is 2. The quantitative estimate of drug-likeness (QED) is 0.712. The minimum Gasteiger partial charge on any atom is -0.355 e. The fourth-order valence-electron chi connectivity index (χ4n) is 3.73. The van der Waals surface area contributed by atoms with E-state index in [1.165, 1.54) is 6.42 Å². The maximum Gasteiger partial charge on any atom is 0.242 e. The number of carbonyl (C=O) groups excluding carboxylic acids is 2. The summed E-state index contributed by atoms with van der Waals surface area (Å²) in [5.41, 5.74) is 6.24. The van der Waals surface area contributed by atoms with Crippen LogP contribution in [-0.2, 0) is 9.59 Å². The number of hydrogen-bond donors (Lipinski definition) is 3. The molecule has 2 fully saturated rings. The van der Waals surface area contributed by atoms with E-state index in [9.17, 15) is 9.59 Å². The molecule has 0 radical (unpaired) electrons. The van der Waals surface area contributed by atoms with E-state index in [-0.39, 0.29) is 23.8 Å². The standard InChI is InChI=1S/C15H27N3O2/c1-3-17-14(19)9(2)18-15(20)12-7-10-5-4-6-11(8-12)13(10)16/h9-13H,3-8,16H2,1-2H3,(H,17,19)(H,18,20). The van der Waals surface area contributed by atoms with E-state index in [2.05, 4.69) is 10.6 Å². The van der Waals surface area contributed by atoms with E-state index in [0.717, 1.165) is 25.7 Å². The Hall–Kier alpha value is -1.10. The lowest BCUT2D eigenvalue weighted by atomic mass is 9.65. The second-order valence-electron chi connectivity index (χ2n) is 6.32. The average molecular weight is 281 g/mol. The summed E-state index contributed by atoms with van der Waals surface area (Å²) < 4.78 is 0. The van der Waals surface area contributed by atoms with E-state index in [4.69, 9.17) is 5.73 Å². The number of nitrogens with two attached hydrogens (primary N) is 1. The first-order valence-electron chi connectivity index (χ1n) is 7.86. The minimum atomic E-state index is -0.460. The number of likely N-dealkylation sites (N-methyl/N-ethyl adjacent to an activating group) is 1. The summed E-state index contributed by atoms with van der Waals surface area (Å²) in [6.07, 6.45) is 5.30. The van der Waals surface area contributed by atoms with E-state index >= 15 is 0 Å². The van der Waals surface area contributed by atoms with Gasteiger partial charge in [-0.15, -0.1) is 0 Å². The maximum atomic E-state index is 12.3. The number of hydrogen-bond acceptors (Lipinski definition) is 3. The van der Waals surface area contributed by atoms with Gasteiger partial charge in [0.05, 0.1) is 0 Å². The van der Waals surface area contributed by atoms with E-state index in [1.54, 1.807) is 6.92 Å². The van der Waals surface area contributed by atoms with Gasteiger partial charge in [-0.1, -0.05) is 6.42 Å². The number of amides is 2. The summed E-state index contributed by atoms with van der Waals surface area (Å²) >= 11 is 0. The summed E-state index contributed by atoms with van der Waals surface area (Å²) in [4.78, 5) is 24.0. The molecular weight excluding hydrogens is 254 g/mol. The molecule has 4 N–H and O–H groups in total. The van der Waals surface area contributed by atoms with Gasteiger partial charge in [-0.3, -0.25) is 9.59 Å². The lowest BCUT2D eigenvalue weighted by Crippen LogP contribution is -2.51. The maximum absolute atomic E-state index is 12.3. The Kier molecular flexibility index (Phi) is 5.02. The Morgan fingerprint density at radius 1 is 1.25 bits per heavy atom. The fourth-order valence-corrected chi connectivity index (χ4v) is 3.73. The molecule has 114 valence electrons. The monoisotopic (exact) mass is 281 g/mol. The highest BCUT2D eigenvalue weighted by atomic mass is 16.2. The van der Waals surface area contributed by atoms with Crippen molar-refractivity contribution in [3.63, 3.8) is 0 Å². The van der Waals surface area contributed by atoms with Gasteiger partial charge in [-0.25, -0.2) is 0 Å². The van der Waals surface area contributed by atoms with Crippen molar-refractivity contribution in [2.24, 2.45) is 23.5 Å². The zero-order valence-corrected chi connectivity index (χ0v) is 12.5. The molecule has 0 aromatic carbocycles. The highest BCUT2D eigenvalue weighted by Crippen LogP contribution is 2.41. The third kappa shape index (κ3) is 3.32. The third-order valence-electron chi connectivity index (χ3n) is 4.89. The van der Waals surface area contributed by atoms with Crippen molar-refractivity contribution in [3.05, 3.63) is 0 Å². The normalized spacial score (nSPS) is 34.1. The molecule has 0 spiro atoms. The van der Waals surface area contributed by atoms with Gasteiger partial charge in [0.2, 0.25) is 11.8 Å². The molecule has 0 aromatic rings. The van der Waals surface area contributed by atoms with Gasteiger partial charge in [-0.05, 0) is 51.4 Å². The number of rotatable bonds is 4. The van der Waals surface area contributed by atoms with Crippen LogP contribution in [0.15, 0.2) is 0 Å². The Morgan fingerprint density at radius 3 is 2.40 bits per heavy atom. The Bertz CT molecular complexity index is 358. The van der Waals surface area contributed by atoms with Crippen molar-refractivity contribution in [1.29, 1.82) is 0 Å². The predicted molar refractivity (Wildman–Crippen MR) is 77.8 cm³/mol. The molecule has 2 aliphatic carbocycles. The van der Waals surface area contributed by atoms with Crippen LogP contribution in [0.2, 0.25) is 0 Å². The van der Waals surface area contributed by atoms with Crippen LogP contribution >= 0.6 is 0 Å². The van der Waals surface area contributed by atoms with Gasteiger partial charge in [0, 0.05) is 18.5 Å². The molecule has 2 amide bonds. The summed E-state index contributed by atoms with van der Waals surface area (Å²) in [5.74, 6) is 0.902. The van der Waals surface area contributed by atoms with Gasteiger partial charge >= 0.3 is 0 Å². The largest absolute Gasteiger partial charge is 0.355 e. The first-order valence-corrected chi connectivity index (χ1v) is 7.86. The van der Waals surface area contributed by atoms with Crippen molar-refractivity contribution in [2.75, 3.05) is 6.54 Å². The second-order valence-corrected chi connectivity index (χ2v) is 6.32. The molecule has 0 aromatic heterocycles. The van der Waals surface area contributed by atoms with Crippen LogP contribution in [0.4, 0.5) is 0 Å². The topological polar surface area (TPSA) is 84.2 Å².